The predicted molar refractivity (Wildman–Crippen MR) is 84.3 cm³/mol. The Hall–Kier alpha value is -1.61. The molecule has 25 heavy (non-hydrogen) atoms. The highest BCUT2D eigenvalue weighted by Gasteiger charge is 2.34. The second-order valence-electron chi connectivity index (χ2n) is 6.96. The summed E-state index contributed by atoms with van der Waals surface area (Å²) in [6.07, 6.45) is -1.88. The van der Waals surface area contributed by atoms with Crippen LogP contribution < -0.4 is 0 Å². The molecule has 2 saturated heterocycles. The highest BCUT2D eigenvalue weighted by atomic mass is 19.4. The average molecular weight is 360 g/mol. The number of halogens is 3. The van der Waals surface area contributed by atoms with Gasteiger partial charge in [-0.15, -0.1) is 0 Å². The Labute approximate surface area is 144 Å². The number of hydrogen-bond acceptors (Lipinski definition) is 4. The van der Waals surface area contributed by atoms with Crippen molar-refractivity contribution in [2.24, 2.45) is 5.92 Å². The van der Waals surface area contributed by atoms with Crippen molar-refractivity contribution >= 4 is 5.91 Å². The fourth-order valence-electron chi connectivity index (χ4n) is 3.61. The molecule has 0 bridgehead atoms. The molecule has 0 radical (unpaired) electrons. The van der Waals surface area contributed by atoms with Gasteiger partial charge in [-0.3, -0.25) is 14.8 Å². The van der Waals surface area contributed by atoms with E-state index in [9.17, 15) is 18.0 Å². The van der Waals surface area contributed by atoms with Crippen molar-refractivity contribution in [1.29, 1.82) is 0 Å². The van der Waals surface area contributed by atoms with Crippen LogP contribution in [0.1, 0.15) is 35.3 Å². The lowest BCUT2D eigenvalue weighted by molar-refractivity contribution is -0.146. The largest absolute Gasteiger partial charge is 0.401 e. The minimum Gasteiger partial charge on any atom is -0.381 e. The number of aromatic nitrogens is 2. The first kappa shape index (κ1) is 18.2. The van der Waals surface area contributed by atoms with Crippen LogP contribution in [-0.2, 0) is 4.74 Å². The lowest BCUT2D eigenvalue weighted by Gasteiger charge is -2.23. The fraction of sp³-hybridized carbons (Fsp3) is 0.750. The van der Waals surface area contributed by atoms with Gasteiger partial charge in [0.15, 0.2) is 0 Å². The third-order valence-electron chi connectivity index (χ3n) is 4.72. The van der Waals surface area contributed by atoms with E-state index in [0.29, 0.717) is 31.9 Å². The summed E-state index contributed by atoms with van der Waals surface area (Å²) in [4.78, 5) is 15.9. The maximum atomic E-state index is 12.9. The van der Waals surface area contributed by atoms with Gasteiger partial charge in [-0.2, -0.15) is 18.3 Å². The first-order valence-electron chi connectivity index (χ1n) is 8.53. The summed E-state index contributed by atoms with van der Waals surface area (Å²) < 4.78 is 43.3. The lowest BCUT2D eigenvalue weighted by atomic mass is 10.0. The summed E-state index contributed by atoms with van der Waals surface area (Å²) >= 11 is 0. The molecule has 0 spiro atoms. The van der Waals surface area contributed by atoms with E-state index in [0.717, 1.165) is 12.1 Å². The average Bonchev–Trinajstić information content (AvgIpc) is 3.16. The molecule has 6 nitrogen and oxygen atoms in total. The number of nitrogens with zero attached hydrogens (tertiary/aromatic N) is 3. The van der Waals surface area contributed by atoms with E-state index in [1.165, 1.54) is 11.1 Å². The maximum Gasteiger partial charge on any atom is 0.401 e. The Morgan fingerprint density at radius 1 is 1.40 bits per heavy atom. The van der Waals surface area contributed by atoms with Crippen LogP contribution in [0.4, 0.5) is 13.2 Å². The summed E-state index contributed by atoms with van der Waals surface area (Å²) in [6, 6.07) is 0. The quantitative estimate of drug-likeness (QED) is 0.894. The van der Waals surface area contributed by atoms with Gasteiger partial charge in [-0.25, -0.2) is 0 Å². The monoisotopic (exact) mass is 360 g/mol. The van der Waals surface area contributed by atoms with Crippen LogP contribution >= 0.6 is 0 Å². The van der Waals surface area contributed by atoms with Crippen molar-refractivity contribution in [2.45, 2.75) is 25.4 Å². The van der Waals surface area contributed by atoms with E-state index in [2.05, 4.69) is 10.2 Å². The number of amides is 1. The third-order valence-corrected chi connectivity index (χ3v) is 4.72. The summed E-state index contributed by atoms with van der Waals surface area (Å²) in [5.74, 6) is -0.0806. The van der Waals surface area contributed by atoms with Crippen LogP contribution in [0.3, 0.4) is 0 Å². The van der Waals surface area contributed by atoms with Gasteiger partial charge in [-0.1, -0.05) is 6.92 Å². The number of rotatable bonds is 3. The van der Waals surface area contributed by atoms with Crippen molar-refractivity contribution in [3.63, 3.8) is 0 Å². The molecule has 2 atom stereocenters. The minimum absolute atomic E-state index is 0.0287. The Kier molecular flexibility index (Phi) is 5.33. The van der Waals surface area contributed by atoms with E-state index in [1.807, 2.05) is 6.92 Å². The number of carbonyl (C=O) groups excluding carboxylic acids is 1. The fourth-order valence-corrected chi connectivity index (χ4v) is 3.61. The number of nitrogens with one attached hydrogen (secondary N) is 1. The summed E-state index contributed by atoms with van der Waals surface area (Å²) in [5.41, 5.74) is 1.28. The summed E-state index contributed by atoms with van der Waals surface area (Å²) in [6.45, 7) is 3.42. The van der Waals surface area contributed by atoms with Crippen LogP contribution in [-0.4, -0.2) is 78.0 Å². The standard InChI is InChI=1S/C16H23F3N4O2/c1-11-7-22(10-16(17,18)19)3-4-23(8-11)15(24)13-6-20-21-14(13)12-2-5-25-9-12/h6,11-12H,2-5,7-10H2,1H3,(H,20,21). The molecular weight excluding hydrogens is 337 g/mol. The second kappa shape index (κ2) is 7.33. The van der Waals surface area contributed by atoms with E-state index >= 15 is 0 Å². The van der Waals surface area contributed by atoms with Crippen LogP contribution in [0, 0.1) is 5.92 Å². The van der Waals surface area contributed by atoms with E-state index in [4.69, 9.17) is 4.74 Å². The van der Waals surface area contributed by atoms with Crippen molar-refractivity contribution in [2.75, 3.05) is 45.9 Å². The molecule has 1 N–H and O–H groups in total. The van der Waals surface area contributed by atoms with Gasteiger partial charge in [0.05, 0.1) is 30.6 Å². The third kappa shape index (κ3) is 4.52. The molecule has 2 aliphatic heterocycles. The van der Waals surface area contributed by atoms with Crippen molar-refractivity contribution in [3.05, 3.63) is 17.5 Å². The molecule has 0 saturated carbocycles. The van der Waals surface area contributed by atoms with Gasteiger partial charge in [0, 0.05) is 38.7 Å². The van der Waals surface area contributed by atoms with Crippen molar-refractivity contribution < 1.29 is 22.7 Å². The molecule has 3 heterocycles. The van der Waals surface area contributed by atoms with Gasteiger partial charge in [-0.05, 0) is 12.3 Å². The Morgan fingerprint density at radius 2 is 2.20 bits per heavy atom. The normalized spacial score (nSPS) is 26.0. The van der Waals surface area contributed by atoms with Gasteiger partial charge < -0.3 is 9.64 Å². The number of alkyl halides is 3. The Morgan fingerprint density at radius 3 is 2.88 bits per heavy atom. The number of ether oxygens (including phenoxy) is 1. The molecule has 0 aromatic carbocycles. The van der Waals surface area contributed by atoms with Crippen LogP contribution in [0.2, 0.25) is 0 Å². The molecule has 2 aliphatic rings. The smallest absolute Gasteiger partial charge is 0.381 e. The SMILES string of the molecule is CC1CN(CC(F)(F)F)CCN(C(=O)c2cn[nH]c2C2CCOC2)C1. The lowest BCUT2D eigenvalue weighted by Crippen LogP contribution is -2.38. The molecule has 1 amide bonds. The maximum absolute atomic E-state index is 12.9. The molecule has 9 heteroatoms. The number of hydrogen-bond donors (Lipinski definition) is 1. The molecule has 1 aromatic rings. The van der Waals surface area contributed by atoms with E-state index in [-0.39, 0.29) is 30.8 Å². The molecule has 3 rings (SSSR count). The van der Waals surface area contributed by atoms with Gasteiger partial charge in [0.2, 0.25) is 0 Å². The van der Waals surface area contributed by atoms with Crippen LogP contribution in [0.15, 0.2) is 6.20 Å². The zero-order valence-electron chi connectivity index (χ0n) is 14.2. The molecule has 2 unspecified atom stereocenters. The van der Waals surface area contributed by atoms with E-state index < -0.39 is 12.7 Å². The Balaban J connectivity index is 1.69. The van der Waals surface area contributed by atoms with E-state index in [1.54, 1.807) is 4.90 Å². The number of carbonyl (C=O) groups is 1. The van der Waals surface area contributed by atoms with Crippen molar-refractivity contribution in [1.82, 2.24) is 20.0 Å². The van der Waals surface area contributed by atoms with Gasteiger partial charge in [0.25, 0.3) is 5.91 Å². The zero-order valence-corrected chi connectivity index (χ0v) is 14.2. The molecule has 0 aliphatic carbocycles. The molecule has 140 valence electrons. The first-order chi connectivity index (χ1) is 11.8. The highest BCUT2D eigenvalue weighted by molar-refractivity contribution is 5.95. The predicted octanol–water partition coefficient (Wildman–Crippen LogP) is 1.87. The number of H-pyrrole nitrogens is 1. The second-order valence-corrected chi connectivity index (χ2v) is 6.96. The first-order valence-corrected chi connectivity index (χ1v) is 8.53. The van der Waals surface area contributed by atoms with Gasteiger partial charge in [0.1, 0.15) is 0 Å². The van der Waals surface area contributed by atoms with Crippen LogP contribution in [0.5, 0.6) is 0 Å². The van der Waals surface area contributed by atoms with Gasteiger partial charge >= 0.3 is 6.18 Å². The zero-order chi connectivity index (χ0) is 18.0. The highest BCUT2D eigenvalue weighted by Crippen LogP contribution is 2.27. The minimum atomic E-state index is -4.22. The molecule has 1 aromatic heterocycles. The summed E-state index contributed by atoms with van der Waals surface area (Å²) in [7, 11) is 0. The molecular formula is C16H23F3N4O2. The summed E-state index contributed by atoms with van der Waals surface area (Å²) in [5, 5.41) is 6.90. The number of aromatic amines is 1. The molecule has 2 fully saturated rings. The topological polar surface area (TPSA) is 61.5 Å². The Bertz CT molecular complexity index is 598. The van der Waals surface area contributed by atoms with Crippen molar-refractivity contribution in [3.8, 4) is 0 Å². The van der Waals surface area contributed by atoms with Crippen LogP contribution in [0.25, 0.3) is 0 Å².